The number of hydrogen-bond acceptors (Lipinski definition) is 5. The average molecular weight is 447 g/mol. The molecular weight excluding hydrogens is 416 g/mol. The highest BCUT2D eigenvalue weighted by Crippen LogP contribution is 2.30. The molecule has 1 saturated heterocycles. The molecule has 8 heteroatoms. The van der Waals surface area contributed by atoms with Crippen LogP contribution in [0.1, 0.15) is 30.0 Å². The van der Waals surface area contributed by atoms with E-state index in [1.165, 1.54) is 15.9 Å². The van der Waals surface area contributed by atoms with E-state index in [2.05, 4.69) is 11.4 Å². The molecule has 0 spiro atoms. The van der Waals surface area contributed by atoms with Crippen LogP contribution in [0.3, 0.4) is 0 Å². The van der Waals surface area contributed by atoms with Crippen LogP contribution >= 0.6 is 0 Å². The van der Waals surface area contributed by atoms with Gasteiger partial charge in [-0.1, -0.05) is 23.8 Å². The van der Waals surface area contributed by atoms with Crippen molar-refractivity contribution in [2.45, 2.75) is 38.5 Å². The van der Waals surface area contributed by atoms with E-state index in [4.69, 9.17) is 9.47 Å². The molecule has 0 unspecified atom stereocenters. The van der Waals surface area contributed by atoms with Crippen molar-refractivity contribution in [1.29, 1.82) is 0 Å². The Balaban J connectivity index is 1.75. The minimum absolute atomic E-state index is 0.0587. The number of benzene rings is 2. The van der Waals surface area contributed by atoms with Gasteiger partial charge in [-0.15, -0.1) is 0 Å². The Kier molecular flexibility index (Phi) is 7.69. The van der Waals surface area contributed by atoms with Gasteiger partial charge in [0.05, 0.1) is 19.8 Å². The Morgan fingerprint density at radius 2 is 1.87 bits per heavy atom. The third-order valence-corrected chi connectivity index (χ3v) is 7.15. The van der Waals surface area contributed by atoms with Gasteiger partial charge in [0.2, 0.25) is 15.9 Å². The molecule has 2 aromatic rings. The van der Waals surface area contributed by atoms with Gasteiger partial charge in [0.15, 0.2) is 0 Å². The molecule has 0 aromatic heterocycles. The number of morpholine rings is 1. The van der Waals surface area contributed by atoms with E-state index in [0.717, 1.165) is 11.1 Å². The van der Waals surface area contributed by atoms with Crippen molar-refractivity contribution in [2.24, 2.45) is 0 Å². The van der Waals surface area contributed by atoms with E-state index >= 15 is 0 Å². The summed E-state index contributed by atoms with van der Waals surface area (Å²) in [6.45, 7) is 7.52. The number of carbonyl (C=O) groups is 1. The molecule has 1 aliphatic heterocycles. The number of anilines is 1. The van der Waals surface area contributed by atoms with Crippen LogP contribution < -0.4 is 10.1 Å². The van der Waals surface area contributed by atoms with Crippen LogP contribution in [-0.2, 0) is 26.0 Å². The summed E-state index contributed by atoms with van der Waals surface area (Å²) in [6, 6.07) is 10.9. The fourth-order valence-corrected chi connectivity index (χ4v) is 5.15. The summed E-state index contributed by atoms with van der Waals surface area (Å²) in [7, 11) is -3.76. The second kappa shape index (κ2) is 10.3. The third kappa shape index (κ3) is 5.84. The summed E-state index contributed by atoms with van der Waals surface area (Å²) in [5, 5.41) is 2.83. The summed E-state index contributed by atoms with van der Waals surface area (Å²) in [4.78, 5) is 12.6. The first-order valence-electron chi connectivity index (χ1n) is 10.5. The van der Waals surface area contributed by atoms with Crippen molar-refractivity contribution in [2.75, 3.05) is 38.2 Å². The lowest BCUT2D eigenvalue weighted by Gasteiger charge is -2.27. The highest BCUT2D eigenvalue weighted by atomic mass is 32.2. The Morgan fingerprint density at radius 1 is 1.13 bits per heavy atom. The third-order valence-electron chi connectivity index (χ3n) is 5.23. The first kappa shape index (κ1) is 23.2. The summed E-state index contributed by atoms with van der Waals surface area (Å²) in [5.74, 6) is 0.112. The molecule has 2 aromatic carbocycles. The largest absolute Gasteiger partial charge is 0.492 e. The number of amides is 1. The van der Waals surface area contributed by atoms with Crippen molar-refractivity contribution >= 4 is 21.6 Å². The van der Waals surface area contributed by atoms with Crippen LogP contribution in [0.2, 0.25) is 0 Å². The second-order valence-electron chi connectivity index (χ2n) is 7.59. The maximum atomic E-state index is 13.2. The quantitative estimate of drug-likeness (QED) is 0.673. The van der Waals surface area contributed by atoms with Crippen molar-refractivity contribution in [3.63, 3.8) is 0 Å². The number of nitrogens with zero attached hydrogens (tertiary/aromatic N) is 1. The molecule has 0 atom stereocenters. The summed E-state index contributed by atoms with van der Waals surface area (Å²) >= 11 is 0. The maximum Gasteiger partial charge on any atom is 0.246 e. The van der Waals surface area contributed by atoms with Crippen LogP contribution in [0, 0.1) is 13.8 Å². The SMILES string of the molecule is CCOc1ccc(NC(=O)CCc2ccc(C)cc2C)cc1S(=O)(=O)N1CCOCC1. The van der Waals surface area contributed by atoms with Gasteiger partial charge in [0.25, 0.3) is 0 Å². The predicted molar refractivity (Wildman–Crippen MR) is 120 cm³/mol. The fraction of sp³-hybridized carbons (Fsp3) is 0.435. The standard InChI is InChI=1S/C23H30N2O5S/c1-4-30-21-9-8-20(16-22(21)31(27,28)25-11-13-29-14-12-25)24-23(26)10-7-19-6-5-17(2)15-18(19)3/h5-6,8-9,15-16H,4,7,10-14H2,1-3H3,(H,24,26). The first-order valence-corrected chi connectivity index (χ1v) is 12.0. The van der Waals surface area contributed by atoms with Crippen LogP contribution in [0.4, 0.5) is 5.69 Å². The lowest BCUT2D eigenvalue weighted by molar-refractivity contribution is -0.116. The number of ether oxygens (including phenoxy) is 2. The number of aryl methyl sites for hydroxylation is 3. The van der Waals surface area contributed by atoms with Crippen molar-refractivity contribution < 1.29 is 22.7 Å². The zero-order valence-electron chi connectivity index (χ0n) is 18.3. The molecule has 0 aliphatic carbocycles. The minimum Gasteiger partial charge on any atom is -0.492 e. The predicted octanol–water partition coefficient (Wildman–Crippen LogP) is 3.29. The van der Waals surface area contributed by atoms with Crippen LogP contribution in [0.25, 0.3) is 0 Å². The average Bonchev–Trinajstić information content (AvgIpc) is 2.75. The van der Waals surface area contributed by atoms with Gasteiger partial charge >= 0.3 is 0 Å². The van der Waals surface area contributed by atoms with Crippen molar-refractivity contribution in [3.8, 4) is 5.75 Å². The minimum atomic E-state index is -3.76. The maximum absolute atomic E-state index is 13.2. The van der Waals surface area contributed by atoms with Crippen LogP contribution in [-0.4, -0.2) is 51.5 Å². The number of rotatable bonds is 8. The number of carbonyl (C=O) groups excluding carboxylic acids is 1. The number of hydrogen-bond donors (Lipinski definition) is 1. The fourth-order valence-electron chi connectivity index (χ4n) is 3.59. The molecule has 1 fully saturated rings. The first-order chi connectivity index (χ1) is 14.8. The highest BCUT2D eigenvalue weighted by molar-refractivity contribution is 7.89. The summed E-state index contributed by atoms with van der Waals surface area (Å²) in [5.41, 5.74) is 3.91. The molecule has 1 aliphatic rings. The second-order valence-corrected chi connectivity index (χ2v) is 9.50. The van der Waals surface area contributed by atoms with E-state index in [0.29, 0.717) is 51.4 Å². The normalized spacial score (nSPS) is 14.9. The molecule has 1 amide bonds. The van der Waals surface area contributed by atoms with E-state index in [9.17, 15) is 13.2 Å². The Labute approximate surface area is 184 Å². The number of nitrogens with one attached hydrogen (secondary N) is 1. The molecule has 7 nitrogen and oxygen atoms in total. The molecule has 1 heterocycles. The molecule has 168 valence electrons. The van der Waals surface area contributed by atoms with Crippen LogP contribution in [0.5, 0.6) is 5.75 Å². The zero-order valence-corrected chi connectivity index (χ0v) is 19.1. The van der Waals surface area contributed by atoms with Gasteiger partial charge in [-0.05, 0) is 56.5 Å². The van der Waals surface area contributed by atoms with E-state index < -0.39 is 10.0 Å². The summed E-state index contributed by atoms with van der Waals surface area (Å²) < 4.78 is 38.6. The van der Waals surface area contributed by atoms with Crippen LogP contribution in [0.15, 0.2) is 41.3 Å². The lowest BCUT2D eigenvalue weighted by Crippen LogP contribution is -2.40. The van der Waals surface area contributed by atoms with E-state index in [1.807, 2.05) is 26.0 Å². The lowest BCUT2D eigenvalue weighted by atomic mass is 10.0. The molecular formula is C23H30N2O5S. The monoisotopic (exact) mass is 446 g/mol. The van der Waals surface area contributed by atoms with Gasteiger partial charge in [0.1, 0.15) is 10.6 Å². The van der Waals surface area contributed by atoms with Gasteiger partial charge in [-0.25, -0.2) is 8.42 Å². The van der Waals surface area contributed by atoms with E-state index in [-0.39, 0.29) is 16.6 Å². The highest BCUT2D eigenvalue weighted by Gasteiger charge is 2.29. The molecule has 0 radical (unpaired) electrons. The Hall–Kier alpha value is -2.42. The smallest absolute Gasteiger partial charge is 0.246 e. The zero-order chi connectivity index (χ0) is 22.4. The molecule has 3 rings (SSSR count). The van der Waals surface area contributed by atoms with Gasteiger partial charge < -0.3 is 14.8 Å². The van der Waals surface area contributed by atoms with E-state index in [1.54, 1.807) is 19.1 Å². The summed E-state index contributed by atoms with van der Waals surface area (Å²) in [6.07, 6.45) is 0.927. The van der Waals surface area contributed by atoms with Crippen molar-refractivity contribution in [1.82, 2.24) is 4.31 Å². The van der Waals surface area contributed by atoms with Crippen molar-refractivity contribution in [3.05, 3.63) is 53.1 Å². The molecule has 31 heavy (non-hydrogen) atoms. The van der Waals surface area contributed by atoms with Gasteiger partial charge in [0, 0.05) is 25.2 Å². The van der Waals surface area contributed by atoms with Gasteiger partial charge in [-0.3, -0.25) is 4.79 Å². The Morgan fingerprint density at radius 3 is 2.55 bits per heavy atom. The molecule has 0 bridgehead atoms. The number of sulfonamides is 1. The Bertz CT molecular complexity index is 1030. The topological polar surface area (TPSA) is 84.9 Å². The van der Waals surface area contributed by atoms with Gasteiger partial charge in [-0.2, -0.15) is 4.31 Å². The molecule has 1 N–H and O–H groups in total. The molecule has 0 saturated carbocycles.